The zero-order valence-corrected chi connectivity index (χ0v) is 13.1. The second kappa shape index (κ2) is 5.42. The summed E-state index contributed by atoms with van der Waals surface area (Å²) in [7, 11) is 0. The molecular weight excluding hydrogens is 336 g/mol. The van der Waals surface area contributed by atoms with Crippen molar-refractivity contribution in [1.29, 1.82) is 0 Å². The Labute approximate surface area is 128 Å². The lowest BCUT2D eigenvalue weighted by Crippen LogP contribution is -2.21. The highest BCUT2D eigenvalue weighted by Crippen LogP contribution is 2.24. The number of halogens is 1. The maximum Gasteiger partial charge on any atom is 0.266 e. The van der Waals surface area contributed by atoms with Crippen LogP contribution in [0, 0.1) is 0 Å². The Bertz CT molecular complexity index is 830. The van der Waals surface area contributed by atoms with E-state index in [2.05, 4.69) is 20.9 Å². The van der Waals surface area contributed by atoms with Gasteiger partial charge < -0.3 is 0 Å². The average Bonchev–Trinajstić information content (AvgIpc) is 2.49. The van der Waals surface area contributed by atoms with E-state index in [1.54, 1.807) is 10.6 Å². The van der Waals surface area contributed by atoms with Crippen molar-refractivity contribution in [3.05, 3.63) is 63.4 Å². The van der Waals surface area contributed by atoms with Gasteiger partial charge in [-0.2, -0.15) is 0 Å². The molecule has 0 aliphatic heterocycles. The third-order valence-electron chi connectivity index (χ3n) is 3.02. The third kappa shape index (κ3) is 2.17. The molecule has 0 N–H and O–H groups in total. The Kier molecular flexibility index (Phi) is 3.63. The van der Waals surface area contributed by atoms with E-state index in [-0.39, 0.29) is 5.56 Å². The SMILES string of the molecule is CSc1nc2c(Br)cccc2c(=O)n1-c1ccccc1. The first-order valence-electron chi connectivity index (χ1n) is 6.03. The summed E-state index contributed by atoms with van der Waals surface area (Å²) in [5.74, 6) is 0. The number of para-hydroxylation sites is 2. The minimum atomic E-state index is -0.0492. The molecule has 3 rings (SSSR count). The van der Waals surface area contributed by atoms with Gasteiger partial charge >= 0.3 is 0 Å². The molecule has 3 nitrogen and oxygen atoms in total. The van der Waals surface area contributed by atoms with Gasteiger partial charge in [-0.05, 0) is 46.5 Å². The fraction of sp³-hybridized carbons (Fsp3) is 0.0667. The van der Waals surface area contributed by atoms with E-state index in [9.17, 15) is 4.79 Å². The van der Waals surface area contributed by atoms with Gasteiger partial charge in [-0.15, -0.1) is 0 Å². The predicted octanol–water partition coefficient (Wildman–Crippen LogP) is 3.87. The third-order valence-corrected chi connectivity index (χ3v) is 4.29. The number of hydrogen-bond acceptors (Lipinski definition) is 3. The first-order chi connectivity index (χ1) is 9.72. The van der Waals surface area contributed by atoms with Crippen molar-refractivity contribution < 1.29 is 0 Å². The lowest BCUT2D eigenvalue weighted by Gasteiger charge is -2.12. The van der Waals surface area contributed by atoms with Gasteiger partial charge in [-0.25, -0.2) is 4.98 Å². The van der Waals surface area contributed by atoms with Crippen LogP contribution in [-0.2, 0) is 0 Å². The molecule has 0 unspecified atom stereocenters. The van der Waals surface area contributed by atoms with Crippen molar-refractivity contribution in [2.24, 2.45) is 0 Å². The van der Waals surface area contributed by atoms with E-state index < -0.39 is 0 Å². The summed E-state index contributed by atoms with van der Waals surface area (Å²) in [6.45, 7) is 0. The summed E-state index contributed by atoms with van der Waals surface area (Å²) in [5, 5.41) is 1.29. The van der Waals surface area contributed by atoms with Gasteiger partial charge in [0.05, 0.1) is 16.6 Å². The molecule has 0 spiro atoms. The maximum atomic E-state index is 12.7. The fourth-order valence-electron chi connectivity index (χ4n) is 2.10. The van der Waals surface area contributed by atoms with Crippen LogP contribution in [0.25, 0.3) is 16.6 Å². The van der Waals surface area contributed by atoms with Gasteiger partial charge in [0.1, 0.15) is 0 Å². The molecular formula is C15H11BrN2OS. The Hall–Kier alpha value is -1.59. The fourth-order valence-corrected chi connectivity index (χ4v) is 3.10. The number of nitrogens with zero attached hydrogens (tertiary/aromatic N) is 2. The van der Waals surface area contributed by atoms with Gasteiger partial charge in [0, 0.05) is 4.47 Å². The van der Waals surface area contributed by atoms with E-state index in [0.717, 1.165) is 10.2 Å². The summed E-state index contributed by atoms with van der Waals surface area (Å²) in [5.41, 5.74) is 1.48. The Morgan fingerprint density at radius 1 is 1.10 bits per heavy atom. The van der Waals surface area contributed by atoms with E-state index in [1.165, 1.54) is 11.8 Å². The van der Waals surface area contributed by atoms with Crippen LogP contribution in [0.4, 0.5) is 0 Å². The van der Waals surface area contributed by atoms with Crippen LogP contribution in [0.5, 0.6) is 0 Å². The van der Waals surface area contributed by atoms with E-state index in [0.29, 0.717) is 16.1 Å². The summed E-state index contributed by atoms with van der Waals surface area (Å²) in [6, 6.07) is 15.1. The number of rotatable bonds is 2. The van der Waals surface area contributed by atoms with Gasteiger partial charge in [0.2, 0.25) is 0 Å². The highest BCUT2D eigenvalue weighted by Gasteiger charge is 2.13. The van der Waals surface area contributed by atoms with Crippen LogP contribution in [0.3, 0.4) is 0 Å². The van der Waals surface area contributed by atoms with Crippen molar-refractivity contribution >= 4 is 38.6 Å². The molecule has 20 heavy (non-hydrogen) atoms. The number of thioether (sulfide) groups is 1. The molecule has 0 saturated heterocycles. The second-order valence-electron chi connectivity index (χ2n) is 4.21. The molecule has 5 heteroatoms. The summed E-state index contributed by atoms with van der Waals surface area (Å²) in [6.07, 6.45) is 1.92. The van der Waals surface area contributed by atoms with Crippen molar-refractivity contribution in [3.8, 4) is 5.69 Å². The minimum absolute atomic E-state index is 0.0492. The quantitative estimate of drug-likeness (QED) is 0.521. The van der Waals surface area contributed by atoms with Gasteiger partial charge in [-0.3, -0.25) is 9.36 Å². The van der Waals surface area contributed by atoms with Gasteiger partial charge in [0.25, 0.3) is 5.56 Å². The van der Waals surface area contributed by atoms with Crippen LogP contribution in [0.1, 0.15) is 0 Å². The number of hydrogen-bond donors (Lipinski definition) is 0. The zero-order chi connectivity index (χ0) is 14.1. The molecule has 3 aromatic rings. The van der Waals surface area contributed by atoms with Crippen LogP contribution in [0.2, 0.25) is 0 Å². The molecule has 0 bridgehead atoms. The number of aromatic nitrogens is 2. The molecule has 0 fully saturated rings. The standard InChI is InChI=1S/C15H11BrN2OS/c1-20-15-17-13-11(8-5-9-12(13)16)14(19)18(15)10-6-3-2-4-7-10/h2-9H,1H3. The van der Waals surface area contributed by atoms with Crippen LogP contribution < -0.4 is 5.56 Å². The van der Waals surface area contributed by atoms with Gasteiger partial charge in [-0.1, -0.05) is 36.0 Å². The molecule has 0 saturated carbocycles. The number of benzene rings is 2. The van der Waals surface area contributed by atoms with Crippen molar-refractivity contribution in [1.82, 2.24) is 9.55 Å². The summed E-state index contributed by atoms with van der Waals surface area (Å²) in [4.78, 5) is 17.4. The van der Waals surface area contributed by atoms with Crippen molar-refractivity contribution in [2.45, 2.75) is 5.16 Å². The monoisotopic (exact) mass is 346 g/mol. The molecule has 0 aliphatic carbocycles. The topological polar surface area (TPSA) is 34.9 Å². The van der Waals surface area contributed by atoms with Crippen molar-refractivity contribution in [2.75, 3.05) is 6.26 Å². The molecule has 100 valence electrons. The smallest absolute Gasteiger partial charge is 0.266 e. The van der Waals surface area contributed by atoms with Gasteiger partial charge in [0.15, 0.2) is 5.16 Å². The summed E-state index contributed by atoms with van der Waals surface area (Å²) < 4.78 is 2.49. The Balaban J connectivity index is 2.44. The summed E-state index contributed by atoms with van der Waals surface area (Å²) >= 11 is 4.91. The molecule has 1 heterocycles. The minimum Gasteiger partial charge on any atom is -0.268 e. The maximum absolute atomic E-state index is 12.7. The molecule has 0 amide bonds. The lowest BCUT2D eigenvalue weighted by molar-refractivity contribution is 0.821. The average molecular weight is 347 g/mol. The first-order valence-corrected chi connectivity index (χ1v) is 8.05. The van der Waals surface area contributed by atoms with Crippen LogP contribution >= 0.6 is 27.7 Å². The van der Waals surface area contributed by atoms with Crippen LogP contribution in [0.15, 0.2) is 63.0 Å². The molecule has 0 atom stereocenters. The molecule has 0 radical (unpaired) electrons. The molecule has 0 aliphatic rings. The van der Waals surface area contributed by atoms with E-state index in [1.807, 2.05) is 48.7 Å². The Morgan fingerprint density at radius 2 is 1.85 bits per heavy atom. The lowest BCUT2D eigenvalue weighted by atomic mass is 10.2. The highest BCUT2D eigenvalue weighted by molar-refractivity contribution is 9.10. The molecule has 1 aromatic heterocycles. The zero-order valence-electron chi connectivity index (χ0n) is 10.7. The normalized spacial score (nSPS) is 10.9. The Morgan fingerprint density at radius 3 is 2.55 bits per heavy atom. The van der Waals surface area contributed by atoms with E-state index in [4.69, 9.17) is 0 Å². The predicted molar refractivity (Wildman–Crippen MR) is 86.8 cm³/mol. The van der Waals surface area contributed by atoms with Crippen LogP contribution in [-0.4, -0.2) is 15.8 Å². The number of fused-ring (bicyclic) bond motifs is 1. The first kappa shape index (κ1) is 13.4. The largest absolute Gasteiger partial charge is 0.268 e. The molecule has 2 aromatic carbocycles. The van der Waals surface area contributed by atoms with E-state index >= 15 is 0 Å². The second-order valence-corrected chi connectivity index (χ2v) is 5.84. The van der Waals surface area contributed by atoms with Crippen molar-refractivity contribution in [3.63, 3.8) is 0 Å². The highest BCUT2D eigenvalue weighted by atomic mass is 79.9.